The van der Waals surface area contributed by atoms with Crippen LogP contribution in [-0.4, -0.2) is 29.9 Å². The van der Waals surface area contributed by atoms with E-state index in [-0.39, 0.29) is 5.91 Å². The molecule has 0 atom stereocenters. The van der Waals surface area contributed by atoms with Gasteiger partial charge in [-0.05, 0) is 19.1 Å². The molecule has 0 saturated carbocycles. The van der Waals surface area contributed by atoms with Gasteiger partial charge in [0.25, 0.3) is 5.91 Å². The molecule has 1 aromatic carbocycles. The molecule has 0 unspecified atom stereocenters. The number of carbonyl (C=O) groups excluding carboxylic acids is 1. The molecule has 0 fully saturated rings. The van der Waals surface area contributed by atoms with Crippen molar-refractivity contribution >= 4 is 11.6 Å². The van der Waals surface area contributed by atoms with Crippen molar-refractivity contribution in [3.8, 4) is 11.5 Å². The lowest BCUT2D eigenvalue weighted by Crippen LogP contribution is -2.13. The van der Waals surface area contributed by atoms with Gasteiger partial charge in [0, 0.05) is 18.8 Å². The Morgan fingerprint density at radius 1 is 1.30 bits per heavy atom. The molecule has 2 aromatic rings. The summed E-state index contributed by atoms with van der Waals surface area (Å²) in [7, 11) is 4.91. The van der Waals surface area contributed by atoms with Crippen LogP contribution in [0.3, 0.4) is 0 Å². The molecule has 0 saturated heterocycles. The maximum absolute atomic E-state index is 12.2. The van der Waals surface area contributed by atoms with Crippen molar-refractivity contribution in [2.45, 2.75) is 6.92 Å². The second-order valence-corrected chi connectivity index (χ2v) is 4.29. The Morgan fingerprint density at radius 3 is 2.60 bits per heavy atom. The zero-order chi connectivity index (χ0) is 14.7. The molecule has 0 aliphatic heterocycles. The van der Waals surface area contributed by atoms with E-state index in [1.807, 2.05) is 6.92 Å². The number of anilines is 1. The maximum atomic E-state index is 12.2. The molecule has 6 nitrogen and oxygen atoms in total. The van der Waals surface area contributed by atoms with Crippen molar-refractivity contribution in [3.63, 3.8) is 0 Å². The van der Waals surface area contributed by atoms with E-state index >= 15 is 0 Å². The normalized spacial score (nSPS) is 10.2. The van der Waals surface area contributed by atoms with Gasteiger partial charge in [0.15, 0.2) is 0 Å². The van der Waals surface area contributed by atoms with Crippen LogP contribution in [0, 0.1) is 6.92 Å². The zero-order valence-electron chi connectivity index (χ0n) is 11.9. The van der Waals surface area contributed by atoms with Gasteiger partial charge < -0.3 is 14.8 Å². The van der Waals surface area contributed by atoms with Gasteiger partial charge >= 0.3 is 0 Å². The third-order valence-electron chi connectivity index (χ3n) is 3.14. The van der Waals surface area contributed by atoms with E-state index in [9.17, 15) is 4.79 Å². The fraction of sp³-hybridized carbons (Fsp3) is 0.286. The molecule has 0 radical (unpaired) electrons. The summed E-state index contributed by atoms with van der Waals surface area (Å²) in [5.41, 5.74) is 1.92. The number of aromatic nitrogens is 2. The number of hydrogen-bond acceptors (Lipinski definition) is 4. The van der Waals surface area contributed by atoms with Crippen molar-refractivity contribution in [1.29, 1.82) is 0 Å². The van der Waals surface area contributed by atoms with Crippen LogP contribution in [0.5, 0.6) is 11.5 Å². The van der Waals surface area contributed by atoms with Gasteiger partial charge in [-0.2, -0.15) is 5.10 Å². The molecule has 0 spiro atoms. The highest BCUT2D eigenvalue weighted by molar-refractivity contribution is 6.05. The highest BCUT2D eigenvalue weighted by Crippen LogP contribution is 2.29. The van der Waals surface area contributed by atoms with Crippen LogP contribution in [0.1, 0.15) is 16.1 Å². The first kappa shape index (κ1) is 13.9. The number of benzene rings is 1. The van der Waals surface area contributed by atoms with Gasteiger partial charge in [-0.15, -0.1) is 0 Å². The molecule has 1 N–H and O–H groups in total. The Bertz CT molecular complexity index is 635. The number of amides is 1. The molecular formula is C14H17N3O3. The van der Waals surface area contributed by atoms with E-state index in [0.29, 0.717) is 22.7 Å². The molecule has 106 valence electrons. The van der Waals surface area contributed by atoms with Crippen LogP contribution in [0.25, 0.3) is 0 Å². The number of hydrogen-bond donors (Lipinski definition) is 1. The largest absolute Gasteiger partial charge is 0.497 e. The van der Waals surface area contributed by atoms with E-state index < -0.39 is 0 Å². The van der Waals surface area contributed by atoms with Gasteiger partial charge in [0.2, 0.25) is 0 Å². The fourth-order valence-electron chi connectivity index (χ4n) is 1.81. The minimum Gasteiger partial charge on any atom is -0.497 e. The smallest absolute Gasteiger partial charge is 0.259 e. The summed E-state index contributed by atoms with van der Waals surface area (Å²) in [5, 5.41) is 6.86. The quantitative estimate of drug-likeness (QED) is 0.926. The van der Waals surface area contributed by atoms with Crippen LogP contribution >= 0.6 is 0 Å². The highest BCUT2D eigenvalue weighted by Gasteiger charge is 2.15. The van der Waals surface area contributed by atoms with Crippen molar-refractivity contribution in [3.05, 3.63) is 35.7 Å². The predicted octanol–water partition coefficient (Wildman–Crippen LogP) is 2.00. The summed E-state index contributed by atoms with van der Waals surface area (Å²) in [5.74, 6) is 0.982. The van der Waals surface area contributed by atoms with E-state index in [1.165, 1.54) is 0 Å². The van der Waals surface area contributed by atoms with Crippen molar-refractivity contribution in [1.82, 2.24) is 9.78 Å². The molecule has 1 amide bonds. The number of methoxy groups -OCH3 is 2. The van der Waals surface area contributed by atoms with Crippen LogP contribution in [-0.2, 0) is 7.05 Å². The molecule has 0 bridgehead atoms. The van der Waals surface area contributed by atoms with E-state index in [0.717, 1.165) is 5.69 Å². The molecule has 0 aliphatic carbocycles. The molecule has 2 rings (SSSR count). The van der Waals surface area contributed by atoms with Crippen LogP contribution in [0.2, 0.25) is 0 Å². The zero-order valence-corrected chi connectivity index (χ0v) is 11.9. The highest BCUT2D eigenvalue weighted by atomic mass is 16.5. The van der Waals surface area contributed by atoms with Gasteiger partial charge in [-0.25, -0.2) is 0 Å². The van der Waals surface area contributed by atoms with Crippen molar-refractivity contribution < 1.29 is 14.3 Å². The maximum Gasteiger partial charge on any atom is 0.259 e. The number of aryl methyl sites for hydroxylation is 1. The standard InChI is InChI=1S/C14H17N3O3/c1-9-11(8-15-17(9)2)14(18)16-12-6-5-10(19-3)7-13(12)20-4/h5-8H,1-4H3,(H,16,18). The number of nitrogens with one attached hydrogen (secondary N) is 1. The van der Waals surface area contributed by atoms with Crippen molar-refractivity contribution in [2.75, 3.05) is 19.5 Å². The first-order chi connectivity index (χ1) is 9.56. The molecule has 20 heavy (non-hydrogen) atoms. The lowest BCUT2D eigenvalue weighted by atomic mass is 10.2. The molecule has 1 aromatic heterocycles. The van der Waals surface area contributed by atoms with Gasteiger partial charge in [-0.3, -0.25) is 9.48 Å². The Balaban J connectivity index is 2.25. The molecule has 0 aliphatic rings. The van der Waals surface area contributed by atoms with E-state index in [4.69, 9.17) is 9.47 Å². The lowest BCUT2D eigenvalue weighted by molar-refractivity contribution is 0.102. The summed E-state index contributed by atoms with van der Waals surface area (Å²) >= 11 is 0. The number of nitrogens with zero attached hydrogens (tertiary/aromatic N) is 2. The van der Waals surface area contributed by atoms with E-state index in [2.05, 4.69) is 10.4 Å². The Labute approximate surface area is 117 Å². The number of ether oxygens (including phenoxy) is 2. The second kappa shape index (κ2) is 5.64. The summed E-state index contributed by atoms with van der Waals surface area (Å²) in [6.45, 7) is 1.84. The Kier molecular flexibility index (Phi) is 3.93. The third kappa shape index (κ3) is 2.59. The average molecular weight is 275 g/mol. The first-order valence-corrected chi connectivity index (χ1v) is 6.08. The summed E-state index contributed by atoms with van der Waals surface area (Å²) in [6, 6.07) is 5.21. The van der Waals surface area contributed by atoms with Crippen LogP contribution in [0.15, 0.2) is 24.4 Å². The minimum absolute atomic E-state index is 0.223. The summed E-state index contributed by atoms with van der Waals surface area (Å²) in [4.78, 5) is 12.2. The summed E-state index contributed by atoms with van der Waals surface area (Å²) in [6.07, 6.45) is 1.54. The topological polar surface area (TPSA) is 65.4 Å². The molecule has 1 heterocycles. The third-order valence-corrected chi connectivity index (χ3v) is 3.14. The fourth-order valence-corrected chi connectivity index (χ4v) is 1.81. The van der Waals surface area contributed by atoms with Crippen LogP contribution < -0.4 is 14.8 Å². The number of carbonyl (C=O) groups is 1. The Morgan fingerprint density at radius 2 is 2.05 bits per heavy atom. The Hall–Kier alpha value is -2.50. The first-order valence-electron chi connectivity index (χ1n) is 6.08. The van der Waals surface area contributed by atoms with Crippen LogP contribution in [0.4, 0.5) is 5.69 Å². The molecule has 6 heteroatoms. The van der Waals surface area contributed by atoms with Crippen molar-refractivity contribution in [2.24, 2.45) is 7.05 Å². The van der Waals surface area contributed by atoms with Gasteiger partial charge in [-0.1, -0.05) is 0 Å². The average Bonchev–Trinajstić information content (AvgIpc) is 2.79. The monoisotopic (exact) mass is 275 g/mol. The second-order valence-electron chi connectivity index (χ2n) is 4.29. The van der Waals surface area contributed by atoms with Gasteiger partial charge in [0.1, 0.15) is 11.5 Å². The minimum atomic E-state index is -0.223. The SMILES string of the molecule is COc1ccc(NC(=O)c2cnn(C)c2C)c(OC)c1. The number of rotatable bonds is 4. The van der Waals surface area contributed by atoms with Gasteiger partial charge in [0.05, 0.1) is 31.7 Å². The summed E-state index contributed by atoms with van der Waals surface area (Å²) < 4.78 is 12.0. The predicted molar refractivity (Wildman–Crippen MR) is 75.4 cm³/mol. The molecular weight excluding hydrogens is 258 g/mol. The lowest BCUT2D eigenvalue weighted by Gasteiger charge is -2.11. The van der Waals surface area contributed by atoms with E-state index in [1.54, 1.807) is 50.3 Å².